The molecule has 0 saturated heterocycles. The van der Waals surface area contributed by atoms with Crippen molar-refractivity contribution in [3.8, 4) is 0 Å². The highest BCUT2D eigenvalue weighted by molar-refractivity contribution is 5.88. The lowest BCUT2D eigenvalue weighted by Crippen LogP contribution is -2.51. The Morgan fingerprint density at radius 3 is 1.49 bits per heavy atom. The standard InChI is InChI=1S/C29H57N3O7/c1-2-3-4-5-6-7-8-9-10-11-12-17-27(37)32-26(29(39)31-25(23-36)16-14-21-34)18-19-28(38)30-24(22-35)15-13-20-33/h24-26,33-36H,2-23H2,1H3,(H,30,38)(H,31,39)(H,32,37)/t24-,25-,26-/m0/s1. The lowest BCUT2D eigenvalue weighted by Gasteiger charge is -2.23. The zero-order valence-electron chi connectivity index (χ0n) is 24.3. The molecule has 0 fully saturated rings. The van der Waals surface area contributed by atoms with Gasteiger partial charge in [-0.1, -0.05) is 71.1 Å². The summed E-state index contributed by atoms with van der Waals surface area (Å²) in [4.78, 5) is 37.9. The van der Waals surface area contributed by atoms with Gasteiger partial charge in [0.05, 0.1) is 25.3 Å². The average molecular weight is 560 g/mol. The molecule has 0 spiro atoms. The van der Waals surface area contributed by atoms with Crippen LogP contribution in [-0.4, -0.2) is 82.7 Å². The number of aliphatic hydroxyl groups is 4. The van der Waals surface area contributed by atoms with E-state index in [-0.39, 0.29) is 51.1 Å². The van der Waals surface area contributed by atoms with Crippen molar-refractivity contribution in [2.24, 2.45) is 0 Å². The molecule has 0 aromatic heterocycles. The van der Waals surface area contributed by atoms with Crippen LogP contribution in [0.25, 0.3) is 0 Å². The summed E-state index contributed by atoms with van der Waals surface area (Å²) < 4.78 is 0. The first-order chi connectivity index (χ1) is 18.9. The Balaban J connectivity index is 4.63. The van der Waals surface area contributed by atoms with Gasteiger partial charge in [-0.3, -0.25) is 14.4 Å². The van der Waals surface area contributed by atoms with Crippen molar-refractivity contribution in [3.63, 3.8) is 0 Å². The smallest absolute Gasteiger partial charge is 0.242 e. The van der Waals surface area contributed by atoms with Gasteiger partial charge in [-0.2, -0.15) is 0 Å². The largest absolute Gasteiger partial charge is 0.396 e. The zero-order valence-corrected chi connectivity index (χ0v) is 24.3. The number of carbonyl (C=O) groups excluding carboxylic acids is 3. The molecule has 7 N–H and O–H groups in total. The third kappa shape index (κ3) is 21.7. The maximum Gasteiger partial charge on any atom is 0.242 e. The van der Waals surface area contributed by atoms with Crippen LogP contribution in [0, 0.1) is 0 Å². The molecule has 0 aromatic carbocycles. The molecule has 10 heteroatoms. The molecule has 0 aromatic rings. The van der Waals surface area contributed by atoms with Crippen LogP contribution < -0.4 is 16.0 Å². The normalized spacial score (nSPS) is 13.5. The summed E-state index contributed by atoms with van der Waals surface area (Å²) in [6.45, 7) is 1.57. The first-order valence-corrected chi connectivity index (χ1v) is 15.2. The summed E-state index contributed by atoms with van der Waals surface area (Å²) in [5, 5.41) is 45.1. The fourth-order valence-corrected chi connectivity index (χ4v) is 4.46. The van der Waals surface area contributed by atoms with Crippen molar-refractivity contribution in [1.29, 1.82) is 0 Å². The second kappa shape index (κ2) is 26.5. The molecule has 0 aliphatic heterocycles. The van der Waals surface area contributed by atoms with Crippen LogP contribution in [0.5, 0.6) is 0 Å². The minimum absolute atomic E-state index is 0.0349. The van der Waals surface area contributed by atoms with E-state index in [2.05, 4.69) is 22.9 Å². The minimum Gasteiger partial charge on any atom is -0.396 e. The van der Waals surface area contributed by atoms with Gasteiger partial charge in [-0.25, -0.2) is 0 Å². The molecular formula is C29H57N3O7. The van der Waals surface area contributed by atoms with Gasteiger partial charge in [0.15, 0.2) is 0 Å². The first-order valence-electron chi connectivity index (χ1n) is 15.2. The molecule has 0 aliphatic rings. The topological polar surface area (TPSA) is 168 Å². The predicted molar refractivity (Wildman–Crippen MR) is 153 cm³/mol. The van der Waals surface area contributed by atoms with Gasteiger partial charge in [0, 0.05) is 26.1 Å². The predicted octanol–water partition coefficient (Wildman–Crippen LogP) is 2.45. The van der Waals surface area contributed by atoms with Crippen LogP contribution in [0.15, 0.2) is 0 Å². The maximum absolute atomic E-state index is 12.9. The summed E-state index contributed by atoms with van der Waals surface area (Å²) >= 11 is 0. The summed E-state index contributed by atoms with van der Waals surface area (Å²) in [5.74, 6) is -1.09. The molecule has 0 saturated carbocycles. The number of nitrogens with one attached hydrogen (secondary N) is 3. The lowest BCUT2D eigenvalue weighted by atomic mass is 10.0. The fraction of sp³-hybridized carbons (Fsp3) is 0.897. The highest BCUT2D eigenvalue weighted by Gasteiger charge is 2.24. The van der Waals surface area contributed by atoms with Crippen LogP contribution in [0.3, 0.4) is 0 Å². The zero-order chi connectivity index (χ0) is 29.1. The number of carbonyl (C=O) groups is 3. The highest BCUT2D eigenvalue weighted by atomic mass is 16.3. The van der Waals surface area contributed by atoms with E-state index in [4.69, 9.17) is 10.2 Å². The van der Waals surface area contributed by atoms with Gasteiger partial charge in [-0.15, -0.1) is 0 Å². The maximum atomic E-state index is 12.9. The van der Waals surface area contributed by atoms with Crippen LogP contribution >= 0.6 is 0 Å². The first kappa shape index (κ1) is 37.2. The van der Waals surface area contributed by atoms with E-state index >= 15 is 0 Å². The number of rotatable bonds is 27. The van der Waals surface area contributed by atoms with Crippen LogP contribution in [0.4, 0.5) is 0 Å². The van der Waals surface area contributed by atoms with E-state index < -0.39 is 24.0 Å². The molecule has 0 unspecified atom stereocenters. The highest BCUT2D eigenvalue weighted by Crippen LogP contribution is 2.12. The number of aliphatic hydroxyl groups excluding tert-OH is 4. The SMILES string of the molecule is CCCCCCCCCCCCCC(=O)N[C@@H](CCC(=O)N[C@H](CO)CCCO)C(=O)N[C@H](CO)CCCO. The third-order valence-corrected chi connectivity index (χ3v) is 6.89. The van der Waals surface area contributed by atoms with E-state index in [1.807, 2.05) is 0 Å². The molecule has 0 heterocycles. The van der Waals surface area contributed by atoms with Crippen molar-refractivity contribution in [2.45, 2.75) is 141 Å². The fourth-order valence-electron chi connectivity index (χ4n) is 4.46. The van der Waals surface area contributed by atoms with Crippen molar-refractivity contribution in [3.05, 3.63) is 0 Å². The van der Waals surface area contributed by atoms with Crippen LogP contribution in [0.2, 0.25) is 0 Å². The molecule has 230 valence electrons. The average Bonchev–Trinajstić information content (AvgIpc) is 2.93. The second-order valence-corrected chi connectivity index (χ2v) is 10.5. The number of amides is 3. The Labute approximate surface area is 235 Å². The van der Waals surface area contributed by atoms with Crippen molar-refractivity contribution >= 4 is 17.7 Å². The number of hydrogen-bond acceptors (Lipinski definition) is 7. The molecular weight excluding hydrogens is 502 g/mol. The van der Waals surface area contributed by atoms with Crippen LogP contribution in [-0.2, 0) is 14.4 Å². The Morgan fingerprint density at radius 2 is 1.00 bits per heavy atom. The second-order valence-electron chi connectivity index (χ2n) is 10.5. The van der Waals surface area contributed by atoms with Gasteiger partial charge < -0.3 is 36.4 Å². The van der Waals surface area contributed by atoms with Crippen molar-refractivity contribution in [1.82, 2.24) is 16.0 Å². The monoisotopic (exact) mass is 559 g/mol. The summed E-state index contributed by atoms with van der Waals surface area (Å²) in [6.07, 6.45) is 15.0. The molecule has 0 rings (SSSR count). The summed E-state index contributed by atoms with van der Waals surface area (Å²) in [5.41, 5.74) is 0. The van der Waals surface area contributed by atoms with Crippen LogP contribution in [0.1, 0.15) is 122 Å². The van der Waals surface area contributed by atoms with Crippen molar-refractivity contribution in [2.75, 3.05) is 26.4 Å². The molecule has 0 aliphatic carbocycles. The number of hydrogen-bond donors (Lipinski definition) is 7. The van der Waals surface area contributed by atoms with Gasteiger partial charge in [0.2, 0.25) is 17.7 Å². The molecule has 39 heavy (non-hydrogen) atoms. The quantitative estimate of drug-likeness (QED) is 0.0759. The summed E-state index contributed by atoms with van der Waals surface area (Å²) in [6, 6.07) is -1.98. The molecule has 10 nitrogen and oxygen atoms in total. The van der Waals surface area contributed by atoms with Gasteiger partial charge >= 0.3 is 0 Å². The van der Waals surface area contributed by atoms with E-state index in [0.29, 0.717) is 32.1 Å². The molecule has 0 radical (unpaired) electrons. The van der Waals surface area contributed by atoms with E-state index in [1.54, 1.807) is 0 Å². The van der Waals surface area contributed by atoms with Gasteiger partial charge in [0.25, 0.3) is 0 Å². The molecule has 0 bridgehead atoms. The van der Waals surface area contributed by atoms with Gasteiger partial charge in [0.1, 0.15) is 6.04 Å². The van der Waals surface area contributed by atoms with E-state index in [0.717, 1.165) is 19.3 Å². The molecule has 3 atom stereocenters. The van der Waals surface area contributed by atoms with Gasteiger partial charge in [-0.05, 0) is 38.5 Å². The number of unbranched alkanes of at least 4 members (excludes halogenated alkanes) is 10. The van der Waals surface area contributed by atoms with E-state index in [9.17, 15) is 24.6 Å². The lowest BCUT2D eigenvalue weighted by molar-refractivity contribution is -0.130. The Bertz CT molecular complexity index is 622. The van der Waals surface area contributed by atoms with Crippen molar-refractivity contribution < 1.29 is 34.8 Å². The Kier molecular flexibility index (Phi) is 25.3. The minimum atomic E-state index is -0.941. The summed E-state index contributed by atoms with van der Waals surface area (Å²) in [7, 11) is 0. The Hall–Kier alpha value is -1.75. The Morgan fingerprint density at radius 1 is 0.538 bits per heavy atom. The molecule has 3 amide bonds. The third-order valence-electron chi connectivity index (χ3n) is 6.89. The van der Waals surface area contributed by atoms with E-state index in [1.165, 1.54) is 51.4 Å².